The zero-order valence-electron chi connectivity index (χ0n) is 16.2. The van der Waals surface area contributed by atoms with E-state index in [1.807, 2.05) is 30.3 Å². The van der Waals surface area contributed by atoms with E-state index in [4.69, 9.17) is 10.7 Å². The average molecular weight is 446 g/mol. The van der Waals surface area contributed by atoms with Crippen LogP contribution in [0.3, 0.4) is 0 Å². The summed E-state index contributed by atoms with van der Waals surface area (Å²) in [5.74, 6) is 1.57. The summed E-state index contributed by atoms with van der Waals surface area (Å²) in [4.78, 5) is 10.2. The Bertz CT molecular complexity index is 1110. The normalized spacial score (nSPS) is 15.0. The van der Waals surface area contributed by atoms with Gasteiger partial charge in [0, 0.05) is 23.4 Å². The smallest absolute Gasteiger partial charge is 0.128 e. The highest BCUT2D eigenvalue weighted by Crippen LogP contribution is 2.42. The van der Waals surface area contributed by atoms with Crippen LogP contribution in [0.2, 0.25) is 0 Å². The van der Waals surface area contributed by atoms with Gasteiger partial charge in [0.25, 0.3) is 0 Å². The highest BCUT2D eigenvalue weighted by atomic mass is 32.2. The number of nitrogen functional groups attached to an aromatic ring is 1. The van der Waals surface area contributed by atoms with Crippen molar-refractivity contribution in [3.05, 3.63) is 41.6 Å². The molecule has 0 saturated heterocycles. The molecular formula is C21H23N3O2S3. The van der Waals surface area contributed by atoms with Crippen molar-refractivity contribution in [3.63, 3.8) is 0 Å². The maximum absolute atomic E-state index is 12.8. The Morgan fingerprint density at radius 1 is 1.31 bits per heavy atom. The first kappa shape index (κ1) is 20.5. The van der Waals surface area contributed by atoms with Crippen LogP contribution in [0.15, 0.2) is 39.5 Å². The molecule has 0 amide bonds. The number of benzene rings is 1. The summed E-state index contributed by atoms with van der Waals surface area (Å²) in [5, 5.41) is 11.3. The van der Waals surface area contributed by atoms with E-state index in [0.29, 0.717) is 15.6 Å². The van der Waals surface area contributed by atoms with Crippen molar-refractivity contribution >= 4 is 54.8 Å². The zero-order valence-corrected chi connectivity index (χ0v) is 18.6. The number of aliphatic imine (C=N–C) groups is 1. The largest absolute Gasteiger partial charge is 0.396 e. The van der Waals surface area contributed by atoms with Crippen LogP contribution in [-0.4, -0.2) is 37.4 Å². The van der Waals surface area contributed by atoms with Crippen molar-refractivity contribution in [2.75, 3.05) is 23.8 Å². The second-order valence-corrected chi connectivity index (χ2v) is 10.7. The summed E-state index contributed by atoms with van der Waals surface area (Å²) in [7, 11) is -1.13. The van der Waals surface area contributed by atoms with E-state index in [-0.39, 0.29) is 6.61 Å². The Morgan fingerprint density at radius 3 is 2.90 bits per heavy atom. The second kappa shape index (κ2) is 8.95. The van der Waals surface area contributed by atoms with Gasteiger partial charge in [0.1, 0.15) is 14.1 Å². The lowest BCUT2D eigenvalue weighted by molar-refractivity contribution is 0.282. The van der Waals surface area contributed by atoms with E-state index < -0.39 is 10.8 Å². The minimum absolute atomic E-state index is 0.0249. The number of pyridine rings is 1. The van der Waals surface area contributed by atoms with Gasteiger partial charge >= 0.3 is 0 Å². The summed E-state index contributed by atoms with van der Waals surface area (Å²) in [6.07, 6.45) is 1.90. The van der Waals surface area contributed by atoms with Crippen LogP contribution >= 0.6 is 23.1 Å². The van der Waals surface area contributed by atoms with Crippen LogP contribution in [0.5, 0.6) is 0 Å². The Labute approximate surface area is 180 Å². The lowest BCUT2D eigenvalue weighted by atomic mass is 10.00. The van der Waals surface area contributed by atoms with E-state index in [9.17, 15) is 9.32 Å². The van der Waals surface area contributed by atoms with Crippen LogP contribution in [0.4, 0.5) is 5.69 Å². The predicted octanol–water partition coefficient (Wildman–Crippen LogP) is 4.44. The Balaban J connectivity index is 1.93. The molecule has 0 radical (unpaired) electrons. The maximum atomic E-state index is 12.8. The van der Waals surface area contributed by atoms with Crippen LogP contribution in [-0.2, 0) is 17.4 Å². The predicted molar refractivity (Wildman–Crippen MR) is 125 cm³/mol. The third-order valence-corrected chi connectivity index (χ3v) is 8.77. The molecule has 0 bridgehead atoms. The monoisotopic (exact) mass is 445 g/mol. The first-order valence-electron chi connectivity index (χ1n) is 9.61. The molecule has 1 aliphatic heterocycles. The number of aliphatic hydroxyl groups is 1. The van der Waals surface area contributed by atoms with Gasteiger partial charge in [-0.25, -0.2) is 4.98 Å². The summed E-state index contributed by atoms with van der Waals surface area (Å²) in [6, 6.07) is 9.82. The van der Waals surface area contributed by atoms with Gasteiger partial charge in [0.2, 0.25) is 0 Å². The fourth-order valence-corrected chi connectivity index (χ4v) is 6.91. The first-order chi connectivity index (χ1) is 14.1. The number of rotatable bonds is 7. The third-order valence-electron chi connectivity index (χ3n) is 4.78. The molecule has 3 aromatic rings. The summed E-state index contributed by atoms with van der Waals surface area (Å²) in [5.41, 5.74) is 10.7. The minimum Gasteiger partial charge on any atom is -0.396 e. The van der Waals surface area contributed by atoms with Crippen LogP contribution in [0.25, 0.3) is 21.3 Å². The molecule has 1 aromatic carbocycles. The molecule has 152 valence electrons. The number of hydrogen-bond acceptors (Lipinski definition) is 7. The Morgan fingerprint density at radius 2 is 2.17 bits per heavy atom. The van der Waals surface area contributed by atoms with Crippen molar-refractivity contribution in [1.82, 2.24) is 4.98 Å². The van der Waals surface area contributed by atoms with Gasteiger partial charge in [-0.3, -0.25) is 9.20 Å². The van der Waals surface area contributed by atoms with Gasteiger partial charge in [-0.1, -0.05) is 31.5 Å². The highest BCUT2D eigenvalue weighted by molar-refractivity contribution is 8.14. The minimum atomic E-state index is -1.13. The molecule has 0 spiro atoms. The van der Waals surface area contributed by atoms with Gasteiger partial charge in [-0.2, -0.15) is 0 Å². The average Bonchev–Trinajstić information content (AvgIpc) is 3.40. The number of fused-ring (bicyclic) bond motifs is 1. The molecule has 4 rings (SSSR count). The van der Waals surface area contributed by atoms with Crippen LogP contribution < -0.4 is 5.73 Å². The number of thioether (sulfide) groups is 1. The lowest BCUT2D eigenvalue weighted by Crippen LogP contribution is -2.00. The second-order valence-electron chi connectivity index (χ2n) is 6.84. The molecule has 1 aliphatic rings. The fraction of sp³-hybridized carbons (Fsp3) is 0.333. The number of anilines is 1. The standard InChI is InChI=1S/C21H23N3O2S3/c1-2-3-9-29(26)21-18(22)17-15(14-6-4-5-13(10-14)12-25)11-16(24-20(17)28-21)19-23-7-8-27-19/h4-6,10-11,25H,2-3,7-9,12,22H2,1H3. The molecular weight excluding hydrogens is 422 g/mol. The number of unbranched alkanes of at least 4 members (excludes halogenated alkanes) is 1. The van der Waals surface area contributed by atoms with Gasteiger partial charge < -0.3 is 10.8 Å². The van der Waals surface area contributed by atoms with E-state index in [1.54, 1.807) is 11.8 Å². The molecule has 2 aromatic heterocycles. The zero-order chi connectivity index (χ0) is 20.4. The molecule has 1 atom stereocenters. The molecule has 8 heteroatoms. The van der Waals surface area contributed by atoms with Gasteiger partial charge in [-0.15, -0.1) is 23.1 Å². The van der Waals surface area contributed by atoms with Crippen molar-refractivity contribution in [2.24, 2.45) is 4.99 Å². The molecule has 0 aliphatic carbocycles. The Kier molecular flexibility index (Phi) is 6.34. The summed E-state index contributed by atoms with van der Waals surface area (Å²) < 4.78 is 13.5. The van der Waals surface area contributed by atoms with E-state index in [0.717, 1.165) is 62.8 Å². The van der Waals surface area contributed by atoms with Gasteiger partial charge in [-0.05, 0) is 35.2 Å². The molecule has 0 fully saturated rings. The molecule has 5 nitrogen and oxygen atoms in total. The SMILES string of the molecule is CCCCS(=O)c1sc2nc(C3=NCCS3)cc(-c3cccc(CO)c3)c2c1N. The number of nitrogens with zero attached hydrogens (tertiary/aromatic N) is 2. The van der Waals surface area contributed by atoms with E-state index >= 15 is 0 Å². The molecule has 3 N–H and O–H groups in total. The highest BCUT2D eigenvalue weighted by Gasteiger charge is 2.22. The number of thiophene rings is 1. The Hall–Kier alpha value is -1.74. The first-order valence-corrected chi connectivity index (χ1v) is 12.7. The van der Waals surface area contributed by atoms with Crippen molar-refractivity contribution < 1.29 is 9.32 Å². The summed E-state index contributed by atoms with van der Waals surface area (Å²) >= 11 is 3.13. The van der Waals surface area contributed by atoms with Crippen molar-refractivity contribution in [3.8, 4) is 11.1 Å². The number of hydrogen-bond donors (Lipinski definition) is 2. The fourth-order valence-electron chi connectivity index (χ4n) is 3.30. The molecule has 3 heterocycles. The molecule has 1 unspecified atom stereocenters. The topological polar surface area (TPSA) is 88.6 Å². The van der Waals surface area contributed by atoms with Crippen LogP contribution in [0, 0.1) is 0 Å². The van der Waals surface area contributed by atoms with E-state index in [2.05, 4.69) is 11.9 Å². The quantitative estimate of drug-likeness (QED) is 0.561. The number of nitrogens with two attached hydrogens (primary N) is 1. The third kappa shape index (κ3) is 4.12. The van der Waals surface area contributed by atoms with Gasteiger partial charge in [0.05, 0.1) is 28.8 Å². The maximum Gasteiger partial charge on any atom is 0.128 e. The van der Waals surface area contributed by atoms with Crippen molar-refractivity contribution in [1.29, 1.82) is 0 Å². The van der Waals surface area contributed by atoms with Crippen LogP contribution in [0.1, 0.15) is 31.0 Å². The van der Waals surface area contributed by atoms with Crippen molar-refractivity contribution in [2.45, 2.75) is 30.6 Å². The number of aromatic nitrogens is 1. The summed E-state index contributed by atoms with van der Waals surface area (Å²) in [6.45, 7) is 2.86. The van der Waals surface area contributed by atoms with Gasteiger partial charge in [0.15, 0.2) is 0 Å². The number of aliphatic hydroxyl groups excluding tert-OH is 1. The lowest BCUT2D eigenvalue weighted by Gasteiger charge is -2.09. The molecule has 29 heavy (non-hydrogen) atoms. The molecule has 0 saturated carbocycles. The van der Waals surface area contributed by atoms with E-state index in [1.165, 1.54) is 11.3 Å².